The average molecular weight is 262 g/mol. The van der Waals surface area contributed by atoms with Gasteiger partial charge in [-0.1, -0.05) is 13.0 Å². The smallest absolute Gasteiger partial charge is 0.257 e. The summed E-state index contributed by atoms with van der Waals surface area (Å²) < 4.78 is 5.32. The lowest BCUT2D eigenvalue weighted by molar-refractivity contribution is 0.0705. The Balaban J connectivity index is 2.26. The monoisotopic (exact) mass is 262 g/mol. The first-order valence-corrected chi connectivity index (χ1v) is 6.85. The van der Waals surface area contributed by atoms with Crippen molar-refractivity contribution in [3.8, 4) is 5.75 Å². The summed E-state index contributed by atoms with van der Waals surface area (Å²) in [6, 6.07) is 6.19. The zero-order valence-electron chi connectivity index (χ0n) is 11.9. The van der Waals surface area contributed by atoms with Crippen molar-refractivity contribution in [1.29, 1.82) is 0 Å². The van der Waals surface area contributed by atoms with Gasteiger partial charge < -0.3 is 15.0 Å². The Hall–Kier alpha value is -1.55. The fourth-order valence-corrected chi connectivity index (χ4v) is 2.43. The van der Waals surface area contributed by atoms with Gasteiger partial charge in [0.05, 0.1) is 12.7 Å². The molecule has 1 aromatic carbocycles. The van der Waals surface area contributed by atoms with Gasteiger partial charge in [-0.3, -0.25) is 4.79 Å². The molecular weight excluding hydrogens is 240 g/mol. The molecule has 0 aromatic heterocycles. The average Bonchev–Trinajstić information content (AvgIpc) is 2.45. The number of nitrogens with one attached hydrogen (secondary N) is 1. The lowest BCUT2D eigenvalue weighted by Gasteiger charge is -2.32. The van der Waals surface area contributed by atoms with E-state index in [1.54, 1.807) is 7.11 Å². The molecule has 1 unspecified atom stereocenters. The highest BCUT2D eigenvalue weighted by atomic mass is 16.5. The number of ether oxygens (including phenoxy) is 1. The fourth-order valence-electron chi connectivity index (χ4n) is 2.43. The van der Waals surface area contributed by atoms with E-state index in [9.17, 15) is 4.79 Å². The molecular formula is C15H22N2O2. The van der Waals surface area contributed by atoms with Crippen LogP contribution < -0.4 is 10.1 Å². The SMILES string of the molecule is CCc1ccc(OC)c(C(=O)N2CCNC(C)C2)c1. The molecule has 1 aromatic rings. The van der Waals surface area contributed by atoms with Crippen LogP contribution in [0.1, 0.15) is 29.8 Å². The van der Waals surface area contributed by atoms with Gasteiger partial charge in [0.25, 0.3) is 5.91 Å². The van der Waals surface area contributed by atoms with Crippen molar-refractivity contribution in [3.05, 3.63) is 29.3 Å². The lowest BCUT2D eigenvalue weighted by atomic mass is 10.1. The maximum atomic E-state index is 12.6. The van der Waals surface area contributed by atoms with Crippen molar-refractivity contribution in [3.63, 3.8) is 0 Å². The van der Waals surface area contributed by atoms with Gasteiger partial charge in [-0.2, -0.15) is 0 Å². The molecule has 1 aliphatic heterocycles. The van der Waals surface area contributed by atoms with E-state index in [2.05, 4.69) is 19.2 Å². The number of piperazine rings is 1. The van der Waals surface area contributed by atoms with Crippen molar-refractivity contribution in [2.75, 3.05) is 26.7 Å². The summed E-state index contributed by atoms with van der Waals surface area (Å²) >= 11 is 0. The number of rotatable bonds is 3. The predicted octanol–water partition coefficient (Wildman–Crippen LogP) is 1.69. The molecule has 1 amide bonds. The fraction of sp³-hybridized carbons (Fsp3) is 0.533. The number of hydrogen-bond donors (Lipinski definition) is 1. The van der Waals surface area contributed by atoms with Crippen LogP contribution in [0.15, 0.2) is 18.2 Å². The molecule has 19 heavy (non-hydrogen) atoms. The molecule has 0 bridgehead atoms. The van der Waals surface area contributed by atoms with Gasteiger partial charge in [0.2, 0.25) is 0 Å². The maximum Gasteiger partial charge on any atom is 0.257 e. The highest BCUT2D eigenvalue weighted by molar-refractivity contribution is 5.97. The molecule has 104 valence electrons. The molecule has 1 N–H and O–H groups in total. The Labute approximate surface area is 114 Å². The van der Waals surface area contributed by atoms with Gasteiger partial charge in [0.1, 0.15) is 5.75 Å². The standard InChI is InChI=1S/C15H22N2O2/c1-4-12-5-6-14(19-3)13(9-12)15(18)17-8-7-16-11(2)10-17/h5-6,9,11,16H,4,7-8,10H2,1-3H3. The molecule has 1 atom stereocenters. The lowest BCUT2D eigenvalue weighted by Crippen LogP contribution is -2.51. The second-order valence-electron chi connectivity index (χ2n) is 4.99. The molecule has 0 spiro atoms. The normalized spacial score (nSPS) is 19.3. The molecule has 1 aliphatic rings. The Morgan fingerprint density at radius 2 is 2.32 bits per heavy atom. The quantitative estimate of drug-likeness (QED) is 0.901. The second-order valence-corrected chi connectivity index (χ2v) is 4.99. The number of carbonyl (C=O) groups excluding carboxylic acids is 1. The second kappa shape index (κ2) is 6.06. The van der Waals surface area contributed by atoms with E-state index in [4.69, 9.17) is 4.74 Å². The minimum atomic E-state index is 0.0699. The van der Waals surface area contributed by atoms with E-state index >= 15 is 0 Å². The van der Waals surface area contributed by atoms with Crippen LogP contribution in [-0.4, -0.2) is 43.6 Å². The zero-order chi connectivity index (χ0) is 13.8. The first-order valence-electron chi connectivity index (χ1n) is 6.85. The molecule has 2 rings (SSSR count). The molecule has 4 nitrogen and oxygen atoms in total. The van der Waals surface area contributed by atoms with E-state index < -0.39 is 0 Å². The van der Waals surface area contributed by atoms with E-state index in [-0.39, 0.29) is 5.91 Å². The van der Waals surface area contributed by atoms with E-state index in [1.165, 1.54) is 0 Å². The van der Waals surface area contributed by atoms with Crippen molar-refractivity contribution in [2.24, 2.45) is 0 Å². The summed E-state index contributed by atoms with van der Waals surface area (Å²) in [5.74, 6) is 0.730. The first-order chi connectivity index (χ1) is 9.15. The van der Waals surface area contributed by atoms with Gasteiger partial charge in [0, 0.05) is 25.7 Å². The van der Waals surface area contributed by atoms with Gasteiger partial charge in [-0.15, -0.1) is 0 Å². The zero-order valence-corrected chi connectivity index (χ0v) is 11.9. The Kier molecular flexibility index (Phi) is 4.43. The number of amides is 1. The van der Waals surface area contributed by atoms with Crippen LogP contribution in [0.3, 0.4) is 0 Å². The van der Waals surface area contributed by atoms with E-state index in [0.29, 0.717) is 17.4 Å². The summed E-state index contributed by atoms with van der Waals surface area (Å²) in [4.78, 5) is 14.5. The topological polar surface area (TPSA) is 41.6 Å². The van der Waals surface area contributed by atoms with Crippen LogP contribution in [0.25, 0.3) is 0 Å². The molecule has 4 heteroatoms. The molecule has 0 saturated carbocycles. The Morgan fingerprint density at radius 3 is 2.95 bits per heavy atom. The van der Waals surface area contributed by atoms with Crippen molar-refractivity contribution in [2.45, 2.75) is 26.3 Å². The van der Waals surface area contributed by atoms with Gasteiger partial charge in [-0.25, -0.2) is 0 Å². The first kappa shape index (κ1) is 13.9. The summed E-state index contributed by atoms with van der Waals surface area (Å²) in [5, 5.41) is 3.34. The van der Waals surface area contributed by atoms with Crippen LogP contribution in [0.5, 0.6) is 5.75 Å². The molecule has 0 aliphatic carbocycles. The summed E-state index contributed by atoms with van der Waals surface area (Å²) in [6.45, 7) is 6.53. The van der Waals surface area contributed by atoms with E-state index in [0.717, 1.165) is 31.6 Å². The van der Waals surface area contributed by atoms with E-state index in [1.807, 2.05) is 23.1 Å². The van der Waals surface area contributed by atoms with Crippen molar-refractivity contribution < 1.29 is 9.53 Å². The maximum absolute atomic E-state index is 12.6. The summed E-state index contributed by atoms with van der Waals surface area (Å²) in [7, 11) is 1.61. The largest absolute Gasteiger partial charge is 0.496 e. The number of benzene rings is 1. The third-order valence-corrected chi connectivity index (χ3v) is 3.56. The molecule has 0 radical (unpaired) electrons. The van der Waals surface area contributed by atoms with Gasteiger partial charge in [0.15, 0.2) is 0 Å². The highest BCUT2D eigenvalue weighted by Crippen LogP contribution is 2.22. The Morgan fingerprint density at radius 1 is 1.53 bits per heavy atom. The summed E-state index contributed by atoms with van der Waals surface area (Å²) in [6.07, 6.45) is 0.919. The van der Waals surface area contributed by atoms with Gasteiger partial charge >= 0.3 is 0 Å². The third kappa shape index (κ3) is 3.07. The van der Waals surface area contributed by atoms with Crippen molar-refractivity contribution in [1.82, 2.24) is 10.2 Å². The molecule has 1 saturated heterocycles. The predicted molar refractivity (Wildman–Crippen MR) is 75.7 cm³/mol. The minimum Gasteiger partial charge on any atom is -0.496 e. The van der Waals surface area contributed by atoms with Crippen LogP contribution in [0.2, 0.25) is 0 Å². The Bertz CT molecular complexity index is 459. The highest BCUT2D eigenvalue weighted by Gasteiger charge is 2.24. The minimum absolute atomic E-state index is 0.0699. The number of carbonyl (C=O) groups is 1. The number of aryl methyl sites for hydroxylation is 1. The van der Waals surface area contributed by atoms with Gasteiger partial charge in [-0.05, 0) is 31.0 Å². The van der Waals surface area contributed by atoms with Crippen LogP contribution >= 0.6 is 0 Å². The number of methoxy groups -OCH3 is 1. The van der Waals surface area contributed by atoms with Crippen molar-refractivity contribution >= 4 is 5.91 Å². The third-order valence-electron chi connectivity index (χ3n) is 3.56. The molecule has 1 heterocycles. The number of nitrogens with zero attached hydrogens (tertiary/aromatic N) is 1. The number of hydrogen-bond acceptors (Lipinski definition) is 3. The molecule has 1 fully saturated rings. The van der Waals surface area contributed by atoms with Crippen LogP contribution in [-0.2, 0) is 6.42 Å². The summed E-state index contributed by atoms with van der Waals surface area (Å²) in [5.41, 5.74) is 1.84. The van der Waals surface area contributed by atoms with Crippen LogP contribution in [0, 0.1) is 0 Å². The van der Waals surface area contributed by atoms with Crippen LogP contribution in [0.4, 0.5) is 0 Å².